The van der Waals surface area contributed by atoms with Gasteiger partial charge < -0.3 is 15.4 Å². The van der Waals surface area contributed by atoms with Crippen LogP contribution < -0.4 is 10.6 Å². The van der Waals surface area contributed by atoms with Crippen molar-refractivity contribution in [3.05, 3.63) is 29.6 Å². The summed E-state index contributed by atoms with van der Waals surface area (Å²) in [6.07, 6.45) is 0.647. The molecule has 1 rings (SSSR count). The first-order valence-corrected chi connectivity index (χ1v) is 6.13. The standard InChI is InChI=1S/C13H17F3N2O2/c1-8(13(19)17-4-3-5-20-2)18-12-7-10(15)9(14)6-11(12)16/h6-8,18H,3-5H2,1-2H3,(H,17,19). The molecule has 1 unspecified atom stereocenters. The first-order valence-electron chi connectivity index (χ1n) is 6.13. The Morgan fingerprint density at radius 1 is 1.25 bits per heavy atom. The van der Waals surface area contributed by atoms with E-state index in [4.69, 9.17) is 4.74 Å². The Kier molecular flexibility index (Phi) is 6.30. The summed E-state index contributed by atoms with van der Waals surface area (Å²) >= 11 is 0. The Balaban J connectivity index is 2.55. The summed E-state index contributed by atoms with van der Waals surface area (Å²) in [5.74, 6) is -3.78. The number of methoxy groups -OCH3 is 1. The van der Waals surface area contributed by atoms with Gasteiger partial charge in [-0.25, -0.2) is 13.2 Å². The number of halogens is 3. The number of carbonyl (C=O) groups is 1. The highest BCUT2D eigenvalue weighted by Gasteiger charge is 2.16. The summed E-state index contributed by atoms with van der Waals surface area (Å²) in [4.78, 5) is 11.7. The highest BCUT2D eigenvalue weighted by Crippen LogP contribution is 2.19. The molecule has 0 aliphatic rings. The van der Waals surface area contributed by atoms with E-state index in [-0.39, 0.29) is 11.6 Å². The molecule has 1 aromatic carbocycles. The van der Waals surface area contributed by atoms with Crippen LogP contribution in [0.5, 0.6) is 0 Å². The van der Waals surface area contributed by atoms with Crippen LogP contribution in [0, 0.1) is 17.5 Å². The Morgan fingerprint density at radius 2 is 1.90 bits per heavy atom. The second-order valence-electron chi connectivity index (χ2n) is 4.25. The normalized spacial score (nSPS) is 12.1. The van der Waals surface area contributed by atoms with E-state index < -0.39 is 23.5 Å². The van der Waals surface area contributed by atoms with Crippen molar-refractivity contribution in [3.8, 4) is 0 Å². The molecule has 0 radical (unpaired) electrons. The molecule has 0 bridgehead atoms. The molecule has 0 aliphatic carbocycles. The molecule has 0 saturated heterocycles. The molecule has 0 aliphatic heterocycles. The number of rotatable bonds is 7. The Labute approximate surface area is 115 Å². The second kappa shape index (κ2) is 7.74. The van der Waals surface area contributed by atoms with Gasteiger partial charge in [-0.15, -0.1) is 0 Å². The molecule has 0 saturated carbocycles. The van der Waals surface area contributed by atoms with Gasteiger partial charge in [0.05, 0.1) is 5.69 Å². The molecule has 0 spiro atoms. The maximum atomic E-state index is 13.4. The summed E-state index contributed by atoms with van der Waals surface area (Å²) in [7, 11) is 1.55. The SMILES string of the molecule is COCCCNC(=O)C(C)Nc1cc(F)c(F)cc1F. The van der Waals surface area contributed by atoms with Crippen LogP contribution in [-0.2, 0) is 9.53 Å². The van der Waals surface area contributed by atoms with Gasteiger partial charge in [0.15, 0.2) is 11.6 Å². The molecule has 4 nitrogen and oxygen atoms in total. The number of nitrogens with one attached hydrogen (secondary N) is 2. The van der Waals surface area contributed by atoms with Crippen molar-refractivity contribution in [1.82, 2.24) is 5.32 Å². The monoisotopic (exact) mass is 290 g/mol. The zero-order valence-electron chi connectivity index (χ0n) is 11.3. The van der Waals surface area contributed by atoms with Crippen molar-refractivity contribution in [3.63, 3.8) is 0 Å². The third-order valence-electron chi connectivity index (χ3n) is 2.60. The predicted octanol–water partition coefficient (Wildman–Crippen LogP) is 2.06. The largest absolute Gasteiger partial charge is 0.385 e. The number of hydrogen-bond acceptors (Lipinski definition) is 3. The maximum absolute atomic E-state index is 13.4. The molecular formula is C13H17F3N2O2. The molecule has 0 aromatic heterocycles. The average Bonchev–Trinajstić information content (AvgIpc) is 2.40. The van der Waals surface area contributed by atoms with E-state index >= 15 is 0 Å². The molecule has 1 atom stereocenters. The van der Waals surface area contributed by atoms with E-state index in [0.717, 1.165) is 0 Å². The van der Waals surface area contributed by atoms with Gasteiger partial charge in [-0.2, -0.15) is 0 Å². The van der Waals surface area contributed by atoms with E-state index in [2.05, 4.69) is 10.6 Å². The van der Waals surface area contributed by atoms with Crippen molar-refractivity contribution in [2.45, 2.75) is 19.4 Å². The molecule has 20 heavy (non-hydrogen) atoms. The van der Waals surface area contributed by atoms with E-state index in [1.165, 1.54) is 6.92 Å². The number of carbonyl (C=O) groups excluding carboxylic acids is 1. The first kappa shape index (κ1) is 16.3. The lowest BCUT2D eigenvalue weighted by Gasteiger charge is -2.16. The Morgan fingerprint density at radius 3 is 2.55 bits per heavy atom. The van der Waals surface area contributed by atoms with Gasteiger partial charge >= 0.3 is 0 Å². The van der Waals surface area contributed by atoms with Gasteiger partial charge in [-0.1, -0.05) is 0 Å². The first-order chi connectivity index (χ1) is 9.45. The van der Waals surface area contributed by atoms with Crippen molar-refractivity contribution in [1.29, 1.82) is 0 Å². The number of benzene rings is 1. The number of amides is 1. The van der Waals surface area contributed by atoms with Crippen LogP contribution in [0.15, 0.2) is 12.1 Å². The van der Waals surface area contributed by atoms with Crippen LogP contribution in [0.3, 0.4) is 0 Å². The van der Waals surface area contributed by atoms with Gasteiger partial charge in [-0.3, -0.25) is 4.79 Å². The van der Waals surface area contributed by atoms with Crippen LogP contribution in [0.2, 0.25) is 0 Å². The van der Waals surface area contributed by atoms with Crippen LogP contribution in [0.4, 0.5) is 18.9 Å². The summed E-state index contributed by atoms with van der Waals surface area (Å²) < 4.78 is 44.0. The van der Waals surface area contributed by atoms with Crippen LogP contribution in [0.1, 0.15) is 13.3 Å². The zero-order chi connectivity index (χ0) is 15.1. The van der Waals surface area contributed by atoms with Crippen molar-refractivity contribution >= 4 is 11.6 Å². The predicted molar refractivity (Wildman–Crippen MR) is 68.9 cm³/mol. The molecule has 0 heterocycles. The van der Waals surface area contributed by atoms with E-state index in [1.54, 1.807) is 7.11 Å². The fourth-order valence-electron chi connectivity index (χ4n) is 1.51. The fourth-order valence-corrected chi connectivity index (χ4v) is 1.51. The van der Waals surface area contributed by atoms with Gasteiger partial charge in [0, 0.05) is 32.4 Å². The minimum absolute atomic E-state index is 0.261. The summed E-state index contributed by atoms with van der Waals surface area (Å²) in [6, 6.07) is 0.331. The maximum Gasteiger partial charge on any atom is 0.242 e. The third kappa shape index (κ3) is 4.73. The molecule has 0 fully saturated rings. The van der Waals surface area contributed by atoms with Crippen LogP contribution in [-0.4, -0.2) is 32.2 Å². The topological polar surface area (TPSA) is 50.4 Å². The Bertz CT molecular complexity index is 469. The summed E-state index contributed by atoms with van der Waals surface area (Å²) in [5, 5.41) is 5.11. The Hall–Kier alpha value is -1.76. The highest BCUT2D eigenvalue weighted by atomic mass is 19.2. The second-order valence-corrected chi connectivity index (χ2v) is 4.25. The highest BCUT2D eigenvalue weighted by molar-refractivity contribution is 5.84. The van der Waals surface area contributed by atoms with Crippen LogP contribution in [0.25, 0.3) is 0 Å². The molecule has 7 heteroatoms. The quantitative estimate of drug-likeness (QED) is 0.597. The summed E-state index contributed by atoms with van der Waals surface area (Å²) in [6.45, 7) is 2.42. The van der Waals surface area contributed by atoms with Crippen molar-refractivity contribution in [2.24, 2.45) is 0 Å². The third-order valence-corrected chi connectivity index (χ3v) is 2.60. The number of hydrogen-bond donors (Lipinski definition) is 2. The summed E-state index contributed by atoms with van der Waals surface area (Å²) in [5.41, 5.74) is -0.261. The van der Waals surface area contributed by atoms with Crippen molar-refractivity contribution < 1.29 is 22.7 Å². The lowest BCUT2D eigenvalue weighted by Crippen LogP contribution is -2.38. The fraction of sp³-hybridized carbons (Fsp3) is 0.462. The lowest BCUT2D eigenvalue weighted by molar-refractivity contribution is -0.121. The molecule has 112 valence electrons. The lowest BCUT2D eigenvalue weighted by atomic mass is 10.2. The van der Waals surface area contributed by atoms with Gasteiger partial charge in [0.2, 0.25) is 5.91 Å². The minimum atomic E-state index is -1.27. The average molecular weight is 290 g/mol. The minimum Gasteiger partial charge on any atom is -0.385 e. The van der Waals surface area contributed by atoms with Gasteiger partial charge in [0.25, 0.3) is 0 Å². The van der Waals surface area contributed by atoms with Crippen LogP contribution >= 0.6 is 0 Å². The van der Waals surface area contributed by atoms with Gasteiger partial charge in [-0.05, 0) is 13.3 Å². The molecule has 1 amide bonds. The molecule has 2 N–H and O–H groups in total. The molecular weight excluding hydrogens is 273 g/mol. The van der Waals surface area contributed by atoms with E-state index in [0.29, 0.717) is 31.7 Å². The molecule has 1 aromatic rings. The number of ether oxygens (including phenoxy) is 1. The smallest absolute Gasteiger partial charge is 0.242 e. The van der Waals surface area contributed by atoms with Gasteiger partial charge in [0.1, 0.15) is 11.9 Å². The van der Waals surface area contributed by atoms with E-state index in [1.807, 2.05) is 0 Å². The number of anilines is 1. The van der Waals surface area contributed by atoms with Crippen molar-refractivity contribution in [2.75, 3.05) is 25.6 Å². The zero-order valence-corrected chi connectivity index (χ0v) is 11.3. The van der Waals surface area contributed by atoms with E-state index in [9.17, 15) is 18.0 Å².